The van der Waals surface area contributed by atoms with Gasteiger partial charge in [-0.05, 0) is 25.8 Å². The fraction of sp³-hybridized carbons (Fsp3) is 0.800. The molecule has 0 saturated heterocycles. The van der Waals surface area contributed by atoms with Crippen LogP contribution >= 0.6 is 0 Å². The fourth-order valence-electron chi connectivity index (χ4n) is 1.37. The Labute approximate surface area is 85.7 Å². The van der Waals surface area contributed by atoms with E-state index in [2.05, 4.69) is 29.5 Å². The van der Waals surface area contributed by atoms with Gasteiger partial charge >= 0.3 is 0 Å². The van der Waals surface area contributed by atoms with E-state index in [4.69, 9.17) is 0 Å². The van der Waals surface area contributed by atoms with Crippen LogP contribution in [0.15, 0.2) is 6.20 Å². The molecule has 0 bridgehead atoms. The molecule has 0 unspecified atom stereocenters. The summed E-state index contributed by atoms with van der Waals surface area (Å²) in [5, 5.41) is 11.2. The maximum Gasteiger partial charge on any atom is 0.0964 e. The number of nitrogens with zero attached hydrogens (tertiary/aromatic N) is 3. The molecule has 0 aliphatic heterocycles. The molecule has 1 N–H and O–H groups in total. The average molecular weight is 196 g/mol. The third-order valence-electron chi connectivity index (χ3n) is 2.11. The molecule has 0 aromatic carbocycles. The van der Waals surface area contributed by atoms with Gasteiger partial charge in [0.15, 0.2) is 0 Å². The van der Waals surface area contributed by atoms with Crippen LogP contribution in [0.25, 0.3) is 0 Å². The van der Waals surface area contributed by atoms with Crippen molar-refractivity contribution >= 4 is 0 Å². The van der Waals surface area contributed by atoms with Gasteiger partial charge in [0.1, 0.15) is 0 Å². The molecule has 0 saturated carbocycles. The largest absolute Gasteiger partial charge is 0.314 e. The Kier molecular flexibility index (Phi) is 4.59. The summed E-state index contributed by atoms with van der Waals surface area (Å²) < 4.78 is 1.93. The minimum atomic E-state index is 0.773. The summed E-state index contributed by atoms with van der Waals surface area (Å²) in [5.74, 6) is 0.773. The minimum absolute atomic E-state index is 0.773. The molecule has 4 heteroatoms. The highest BCUT2D eigenvalue weighted by atomic mass is 15.4. The number of hydrogen-bond acceptors (Lipinski definition) is 3. The second kappa shape index (κ2) is 5.75. The summed E-state index contributed by atoms with van der Waals surface area (Å²) in [5.41, 5.74) is 1.01. The van der Waals surface area contributed by atoms with Gasteiger partial charge in [0.25, 0.3) is 0 Å². The van der Waals surface area contributed by atoms with Crippen molar-refractivity contribution in [2.75, 3.05) is 7.05 Å². The third-order valence-corrected chi connectivity index (χ3v) is 2.11. The molecule has 0 atom stereocenters. The first kappa shape index (κ1) is 11.2. The molecule has 0 spiro atoms. The quantitative estimate of drug-likeness (QED) is 0.748. The molecule has 14 heavy (non-hydrogen) atoms. The van der Waals surface area contributed by atoms with Gasteiger partial charge in [0.05, 0.1) is 5.69 Å². The average Bonchev–Trinajstić information content (AvgIpc) is 2.53. The molecule has 80 valence electrons. The first-order chi connectivity index (χ1) is 6.72. The maximum absolute atomic E-state index is 4.06. The van der Waals surface area contributed by atoms with Gasteiger partial charge < -0.3 is 5.32 Å². The summed E-state index contributed by atoms with van der Waals surface area (Å²) in [4.78, 5) is 0. The van der Waals surface area contributed by atoms with Crippen molar-refractivity contribution in [3.63, 3.8) is 0 Å². The molecule has 0 amide bonds. The van der Waals surface area contributed by atoms with Crippen LogP contribution in [0, 0.1) is 5.92 Å². The second-order valence-corrected chi connectivity index (χ2v) is 4.04. The molecular weight excluding hydrogens is 176 g/mol. The topological polar surface area (TPSA) is 42.7 Å². The SMILES string of the molecule is CNCc1cn(CCCC(C)C)nn1. The highest BCUT2D eigenvalue weighted by molar-refractivity contribution is 4.90. The van der Waals surface area contributed by atoms with Gasteiger partial charge in [-0.3, -0.25) is 4.68 Å². The van der Waals surface area contributed by atoms with Crippen LogP contribution < -0.4 is 5.32 Å². The van der Waals surface area contributed by atoms with E-state index in [0.29, 0.717) is 0 Å². The van der Waals surface area contributed by atoms with Gasteiger partial charge in [-0.25, -0.2) is 0 Å². The monoisotopic (exact) mass is 196 g/mol. The lowest BCUT2D eigenvalue weighted by atomic mass is 10.1. The minimum Gasteiger partial charge on any atom is -0.314 e. The highest BCUT2D eigenvalue weighted by Gasteiger charge is 1.99. The lowest BCUT2D eigenvalue weighted by Gasteiger charge is -2.03. The number of hydrogen-bond donors (Lipinski definition) is 1. The van der Waals surface area contributed by atoms with Crippen LogP contribution in [-0.4, -0.2) is 22.0 Å². The zero-order valence-electron chi connectivity index (χ0n) is 9.32. The molecular formula is C10H20N4. The van der Waals surface area contributed by atoms with Crippen molar-refractivity contribution in [3.8, 4) is 0 Å². The predicted molar refractivity (Wildman–Crippen MR) is 56.9 cm³/mol. The zero-order chi connectivity index (χ0) is 10.4. The van der Waals surface area contributed by atoms with Crippen LogP contribution in [0.3, 0.4) is 0 Å². The lowest BCUT2D eigenvalue weighted by Crippen LogP contribution is -2.05. The van der Waals surface area contributed by atoms with E-state index in [1.165, 1.54) is 12.8 Å². The van der Waals surface area contributed by atoms with E-state index >= 15 is 0 Å². The summed E-state index contributed by atoms with van der Waals surface area (Å²) >= 11 is 0. The van der Waals surface area contributed by atoms with E-state index in [9.17, 15) is 0 Å². The second-order valence-electron chi connectivity index (χ2n) is 4.04. The van der Waals surface area contributed by atoms with Crippen molar-refractivity contribution in [1.29, 1.82) is 0 Å². The van der Waals surface area contributed by atoms with Crippen molar-refractivity contribution in [2.24, 2.45) is 5.92 Å². The number of rotatable bonds is 6. The van der Waals surface area contributed by atoms with Gasteiger partial charge in [-0.1, -0.05) is 19.1 Å². The first-order valence-corrected chi connectivity index (χ1v) is 5.26. The van der Waals surface area contributed by atoms with E-state index in [1.54, 1.807) is 0 Å². The molecule has 4 nitrogen and oxygen atoms in total. The van der Waals surface area contributed by atoms with Crippen LogP contribution in [0.5, 0.6) is 0 Å². The molecule has 1 rings (SSSR count). The van der Waals surface area contributed by atoms with E-state index in [-0.39, 0.29) is 0 Å². The molecule has 0 aliphatic carbocycles. The van der Waals surface area contributed by atoms with E-state index in [0.717, 1.165) is 24.7 Å². The number of nitrogens with one attached hydrogen (secondary N) is 1. The highest BCUT2D eigenvalue weighted by Crippen LogP contribution is 2.04. The number of aromatic nitrogens is 3. The molecule has 0 radical (unpaired) electrons. The molecule has 1 heterocycles. The third kappa shape index (κ3) is 3.87. The Morgan fingerprint density at radius 2 is 2.29 bits per heavy atom. The van der Waals surface area contributed by atoms with Crippen LogP contribution in [0.2, 0.25) is 0 Å². The Hall–Kier alpha value is -0.900. The Morgan fingerprint density at radius 1 is 1.50 bits per heavy atom. The summed E-state index contributed by atoms with van der Waals surface area (Å²) in [7, 11) is 1.91. The van der Waals surface area contributed by atoms with Gasteiger partial charge in [-0.15, -0.1) is 5.10 Å². The normalized spacial score (nSPS) is 11.1. The van der Waals surface area contributed by atoms with Gasteiger partial charge in [0, 0.05) is 19.3 Å². The Bertz CT molecular complexity index is 254. The van der Waals surface area contributed by atoms with Crippen molar-refractivity contribution in [1.82, 2.24) is 20.3 Å². The first-order valence-electron chi connectivity index (χ1n) is 5.26. The Balaban J connectivity index is 2.28. The Morgan fingerprint density at radius 3 is 2.93 bits per heavy atom. The zero-order valence-corrected chi connectivity index (χ0v) is 9.32. The van der Waals surface area contributed by atoms with Crippen LogP contribution in [-0.2, 0) is 13.1 Å². The van der Waals surface area contributed by atoms with Crippen LogP contribution in [0.1, 0.15) is 32.4 Å². The predicted octanol–water partition coefficient (Wildman–Crippen LogP) is 1.43. The molecule has 0 fully saturated rings. The lowest BCUT2D eigenvalue weighted by molar-refractivity contribution is 0.482. The molecule has 1 aromatic heterocycles. The standard InChI is InChI=1S/C10H20N4/c1-9(2)5-4-6-14-8-10(7-11-3)12-13-14/h8-9,11H,4-7H2,1-3H3. The maximum atomic E-state index is 4.06. The smallest absolute Gasteiger partial charge is 0.0964 e. The summed E-state index contributed by atoms with van der Waals surface area (Å²) in [6.07, 6.45) is 4.44. The van der Waals surface area contributed by atoms with Crippen molar-refractivity contribution in [3.05, 3.63) is 11.9 Å². The molecule has 0 aliphatic rings. The van der Waals surface area contributed by atoms with Crippen molar-refractivity contribution < 1.29 is 0 Å². The van der Waals surface area contributed by atoms with E-state index in [1.807, 2.05) is 17.9 Å². The van der Waals surface area contributed by atoms with Gasteiger partial charge in [-0.2, -0.15) is 0 Å². The van der Waals surface area contributed by atoms with Crippen molar-refractivity contribution in [2.45, 2.75) is 39.8 Å². The number of aryl methyl sites for hydroxylation is 1. The summed E-state index contributed by atoms with van der Waals surface area (Å²) in [6, 6.07) is 0. The van der Waals surface area contributed by atoms with Gasteiger partial charge in [0.2, 0.25) is 0 Å². The van der Waals surface area contributed by atoms with E-state index < -0.39 is 0 Å². The molecule has 1 aromatic rings. The van der Waals surface area contributed by atoms with Crippen LogP contribution in [0.4, 0.5) is 0 Å². The fourth-order valence-corrected chi connectivity index (χ4v) is 1.37. The summed E-state index contributed by atoms with van der Waals surface area (Å²) in [6.45, 7) is 6.26.